The second-order valence-electron chi connectivity index (χ2n) is 3.16. The first-order valence-electron chi connectivity index (χ1n) is 4.73. The van der Waals surface area contributed by atoms with Crippen LogP contribution in [0.4, 0.5) is 5.69 Å². The predicted octanol–water partition coefficient (Wildman–Crippen LogP) is 0.963. The van der Waals surface area contributed by atoms with E-state index in [-0.39, 0.29) is 18.2 Å². The standard InChI is InChI=1S/C10H14N2O3/c1-2-7(6-13)12-9-3-4-11-5-8(9)10(14)15/h3-5,7,13H,2,6H2,1H3,(H,11,12)(H,14,15). The van der Waals surface area contributed by atoms with Crippen LogP contribution in [-0.4, -0.2) is 33.8 Å². The van der Waals surface area contributed by atoms with Crippen LogP contribution in [-0.2, 0) is 0 Å². The summed E-state index contributed by atoms with van der Waals surface area (Å²) in [4.78, 5) is 14.6. The lowest BCUT2D eigenvalue weighted by Gasteiger charge is -2.16. The zero-order valence-electron chi connectivity index (χ0n) is 8.47. The van der Waals surface area contributed by atoms with Gasteiger partial charge in [0.2, 0.25) is 0 Å². The first-order chi connectivity index (χ1) is 7.19. The number of carboxylic acids is 1. The molecule has 0 amide bonds. The Balaban J connectivity index is 2.88. The van der Waals surface area contributed by atoms with Crippen molar-refractivity contribution in [2.45, 2.75) is 19.4 Å². The lowest BCUT2D eigenvalue weighted by molar-refractivity contribution is 0.0697. The van der Waals surface area contributed by atoms with E-state index in [1.165, 1.54) is 12.4 Å². The van der Waals surface area contributed by atoms with E-state index >= 15 is 0 Å². The van der Waals surface area contributed by atoms with Crippen molar-refractivity contribution in [2.24, 2.45) is 0 Å². The fourth-order valence-electron chi connectivity index (χ4n) is 1.19. The molecular formula is C10H14N2O3. The number of nitrogens with zero attached hydrogens (tertiary/aromatic N) is 1. The fourth-order valence-corrected chi connectivity index (χ4v) is 1.19. The number of pyridine rings is 1. The summed E-state index contributed by atoms with van der Waals surface area (Å²) < 4.78 is 0. The molecule has 1 rings (SSSR count). The lowest BCUT2D eigenvalue weighted by atomic mass is 10.2. The minimum absolute atomic E-state index is 0.0299. The van der Waals surface area contributed by atoms with Crippen LogP contribution in [0.5, 0.6) is 0 Å². The summed E-state index contributed by atoms with van der Waals surface area (Å²) in [6.45, 7) is 1.88. The van der Waals surface area contributed by atoms with E-state index in [1.807, 2.05) is 6.92 Å². The maximum absolute atomic E-state index is 10.8. The quantitative estimate of drug-likeness (QED) is 0.674. The molecule has 0 radical (unpaired) electrons. The van der Waals surface area contributed by atoms with Crippen LogP contribution in [0.2, 0.25) is 0 Å². The van der Waals surface area contributed by atoms with Crippen molar-refractivity contribution in [1.29, 1.82) is 0 Å². The second kappa shape index (κ2) is 5.31. The third-order valence-electron chi connectivity index (χ3n) is 2.12. The topological polar surface area (TPSA) is 82.5 Å². The van der Waals surface area contributed by atoms with Gasteiger partial charge in [-0.15, -0.1) is 0 Å². The van der Waals surface area contributed by atoms with Crippen LogP contribution in [0.25, 0.3) is 0 Å². The minimum Gasteiger partial charge on any atom is -0.478 e. The molecule has 0 fully saturated rings. The molecular weight excluding hydrogens is 196 g/mol. The number of carbonyl (C=O) groups is 1. The Labute approximate surface area is 87.8 Å². The van der Waals surface area contributed by atoms with Gasteiger partial charge in [0.25, 0.3) is 0 Å². The maximum atomic E-state index is 10.8. The largest absolute Gasteiger partial charge is 0.478 e. The maximum Gasteiger partial charge on any atom is 0.339 e. The van der Waals surface area contributed by atoms with Gasteiger partial charge in [0.1, 0.15) is 5.56 Å². The number of aromatic carboxylic acids is 1. The molecule has 15 heavy (non-hydrogen) atoms. The molecule has 0 aromatic carbocycles. The summed E-state index contributed by atoms with van der Waals surface area (Å²) in [7, 11) is 0. The molecule has 0 aliphatic heterocycles. The molecule has 1 aromatic rings. The van der Waals surface area contributed by atoms with Gasteiger partial charge in [0.05, 0.1) is 12.3 Å². The molecule has 0 saturated carbocycles. The molecule has 0 bridgehead atoms. The number of hydrogen-bond donors (Lipinski definition) is 3. The van der Waals surface area contributed by atoms with Gasteiger partial charge in [-0.05, 0) is 12.5 Å². The van der Waals surface area contributed by atoms with Crippen LogP contribution in [0.1, 0.15) is 23.7 Å². The molecule has 1 unspecified atom stereocenters. The molecule has 0 spiro atoms. The van der Waals surface area contributed by atoms with E-state index in [2.05, 4.69) is 10.3 Å². The van der Waals surface area contributed by atoms with Crippen LogP contribution in [0, 0.1) is 0 Å². The van der Waals surface area contributed by atoms with Crippen LogP contribution in [0.15, 0.2) is 18.5 Å². The van der Waals surface area contributed by atoms with Crippen molar-refractivity contribution in [3.8, 4) is 0 Å². The van der Waals surface area contributed by atoms with Crippen molar-refractivity contribution >= 4 is 11.7 Å². The average Bonchev–Trinajstić information content (AvgIpc) is 2.26. The van der Waals surface area contributed by atoms with Gasteiger partial charge in [-0.2, -0.15) is 0 Å². The van der Waals surface area contributed by atoms with Crippen LogP contribution >= 0.6 is 0 Å². The third kappa shape index (κ3) is 2.92. The number of nitrogens with one attached hydrogen (secondary N) is 1. The SMILES string of the molecule is CCC(CO)Nc1ccncc1C(=O)O. The third-order valence-corrected chi connectivity index (χ3v) is 2.12. The predicted molar refractivity (Wildman–Crippen MR) is 56.0 cm³/mol. The molecule has 1 aromatic heterocycles. The number of hydrogen-bond acceptors (Lipinski definition) is 4. The van der Waals surface area contributed by atoms with Gasteiger partial charge in [0.15, 0.2) is 0 Å². The van der Waals surface area contributed by atoms with Gasteiger partial charge in [-0.25, -0.2) is 4.79 Å². The summed E-state index contributed by atoms with van der Waals surface area (Å²) in [5.41, 5.74) is 0.600. The van der Waals surface area contributed by atoms with Crippen molar-refractivity contribution in [2.75, 3.05) is 11.9 Å². The Bertz CT molecular complexity index is 337. The Hall–Kier alpha value is -1.62. The molecule has 1 heterocycles. The minimum atomic E-state index is -1.03. The summed E-state index contributed by atoms with van der Waals surface area (Å²) >= 11 is 0. The summed E-state index contributed by atoms with van der Waals surface area (Å²) in [6, 6.07) is 1.45. The lowest BCUT2D eigenvalue weighted by Crippen LogP contribution is -2.23. The Morgan fingerprint density at radius 3 is 2.93 bits per heavy atom. The first kappa shape index (κ1) is 11.5. The molecule has 82 valence electrons. The molecule has 5 heteroatoms. The van der Waals surface area contributed by atoms with Gasteiger partial charge in [-0.3, -0.25) is 4.98 Å². The van der Waals surface area contributed by atoms with E-state index in [1.54, 1.807) is 6.07 Å². The highest BCUT2D eigenvalue weighted by Gasteiger charge is 2.12. The Morgan fingerprint density at radius 2 is 2.40 bits per heavy atom. The fraction of sp³-hybridized carbons (Fsp3) is 0.400. The molecule has 0 aliphatic carbocycles. The number of aliphatic hydroxyl groups is 1. The Kier molecular flexibility index (Phi) is 4.05. The van der Waals surface area contributed by atoms with Gasteiger partial charge < -0.3 is 15.5 Å². The monoisotopic (exact) mass is 210 g/mol. The van der Waals surface area contributed by atoms with Crippen molar-refractivity contribution in [1.82, 2.24) is 4.98 Å². The highest BCUT2D eigenvalue weighted by Crippen LogP contribution is 2.15. The number of aromatic nitrogens is 1. The van der Waals surface area contributed by atoms with E-state index < -0.39 is 5.97 Å². The molecule has 1 atom stereocenters. The van der Waals surface area contributed by atoms with E-state index in [0.29, 0.717) is 5.69 Å². The highest BCUT2D eigenvalue weighted by atomic mass is 16.4. The first-order valence-corrected chi connectivity index (χ1v) is 4.73. The number of rotatable bonds is 5. The number of anilines is 1. The van der Waals surface area contributed by atoms with E-state index in [9.17, 15) is 4.79 Å². The summed E-state index contributed by atoms with van der Waals surface area (Å²) in [5, 5.41) is 20.8. The average molecular weight is 210 g/mol. The van der Waals surface area contributed by atoms with Crippen molar-refractivity contribution < 1.29 is 15.0 Å². The van der Waals surface area contributed by atoms with Crippen LogP contribution < -0.4 is 5.32 Å². The second-order valence-corrected chi connectivity index (χ2v) is 3.16. The molecule has 0 saturated heterocycles. The zero-order valence-corrected chi connectivity index (χ0v) is 8.47. The number of carboxylic acid groups (broad SMARTS) is 1. The van der Waals surface area contributed by atoms with E-state index in [0.717, 1.165) is 6.42 Å². The smallest absolute Gasteiger partial charge is 0.339 e. The normalized spacial score (nSPS) is 12.1. The van der Waals surface area contributed by atoms with Crippen molar-refractivity contribution in [3.63, 3.8) is 0 Å². The van der Waals surface area contributed by atoms with Gasteiger partial charge >= 0.3 is 5.97 Å². The molecule has 0 aliphatic rings. The highest BCUT2D eigenvalue weighted by molar-refractivity contribution is 5.93. The summed E-state index contributed by atoms with van der Waals surface area (Å²) in [6.07, 6.45) is 3.52. The van der Waals surface area contributed by atoms with Crippen molar-refractivity contribution in [3.05, 3.63) is 24.0 Å². The summed E-state index contributed by atoms with van der Waals surface area (Å²) in [5.74, 6) is -1.03. The van der Waals surface area contributed by atoms with Gasteiger partial charge in [0, 0.05) is 18.4 Å². The van der Waals surface area contributed by atoms with Gasteiger partial charge in [-0.1, -0.05) is 6.92 Å². The molecule has 3 N–H and O–H groups in total. The zero-order chi connectivity index (χ0) is 11.3. The number of aliphatic hydroxyl groups excluding tert-OH is 1. The van der Waals surface area contributed by atoms with E-state index in [4.69, 9.17) is 10.2 Å². The molecule has 5 nitrogen and oxygen atoms in total. The Morgan fingerprint density at radius 1 is 1.67 bits per heavy atom. The van der Waals surface area contributed by atoms with Crippen LogP contribution in [0.3, 0.4) is 0 Å².